The molecule has 0 saturated carbocycles. The first kappa shape index (κ1) is 14.8. The number of nitrogens with zero attached hydrogens (tertiary/aromatic N) is 2. The van der Waals surface area contributed by atoms with E-state index in [1.807, 2.05) is 56.7 Å². The van der Waals surface area contributed by atoms with Crippen molar-refractivity contribution in [3.8, 4) is 0 Å². The van der Waals surface area contributed by atoms with E-state index >= 15 is 0 Å². The van der Waals surface area contributed by atoms with E-state index in [1.54, 1.807) is 4.68 Å². The molecule has 0 spiro atoms. The quantitative estimate of drug-likeness (QED) is 0.847. The Kier molecular flexibility index (Phi) is 4.93. The van der Waals surface area contributed by atoms with Crippen LogP contribution in [0.3, 0.4) is 0 Å². The topological polar surface area (TPSA) is 50.1 Å². The molecule has 0 unspecified atom stereocenters. The predicted octanol–water partition coefficient (Wildman–Crippen LogP) is 2.06. The highest BCUT2D eigenvalue weighted by Gasteiger charge is 2.18. The molecule has 0 fully saturated rings. The van der Waals surface area contributed by atoms with Crippen LogP contribution in [0.5, 0.6) is 0 Å². The van der Waals surface area contributed by atoms with Gasteiger partial charge < -0.3 is 10.4 Å². The molecule has 4 nitrogen and oxygen atoms in total. The number of hydrogen-bond donors (Lipinski definition) is 2. The van der Waals surface area contributed by atoms with Gasteiger partial charge in [0.15, 0.2) is 0 Å². The first-order valence-corrected chi connectivity index (χ1v) is 7.03. The highest BCUT2D eigenvalue weighted by molar-refractivity contribution is 5.16. The number of rotatable bonds is 6. The monoisotopic (exact) mass is 273 g/mol. The summed E-state index contributed by atoms with van der Waals surface area (Å²) in [6.45, 7) is 4.10. The van der Waals surface area contributed by atoms with Crippen LogP contribution >= 0.6 is 0 Å². The molecule has 0 radical (unpaired) electrons. The highest BCUT2D eigenvalue weighted by atomic mass is 16.3. The fourth-order valence-electron chi connectivity index (χ4n) is 2.30. The Morgan fingerprint density at radius 1 is 1.25 bits per heavy atom. The van der Waals surface area contributed by atoms with E-state index in [-0.39, 0.29) is 12.1 Å². The molecule has 2 rings (SSSR count). The van der Waals surface area contributed by atoms with Gasteiger partial charge in [-0.05, 0) is 25.8 Å². The van der Waals surface area contributed by atoms with E-state index in [9.17, 15) is 5.11 Å². The molecule has 0 bridgehead atoms. The Hall–Kier alpha value is -1.65. The van der Waals surface area contributed by atoms with Gasteiger partial charge in [0.1, 0.15) is 0 Å². The van der Waals surface area contributed by atoms with Crippen LogP contribution in [0.4, 0.5) is 0 Å². The van der Waals surface area contributed by atoms with E-state index in [1.165, 1.54) is 0 Å². The first-order valence-electron chi connectivity index (χ1n) is 7.03. The molecule has 3 atom stereocenters. The van der Waals surface area contributed by atoms with Crippen LogP contribution in [-0.4, -0.2) is 27.0 Å². The third-order valence-electron chi connectivity index (χ3n) is 3.60. The molecule has 20 heavy (non-hydrogen) atoms. The van der Waals surface area contributed by atoms with Crippen molar-refractivity contribution in [2.24, 2.45) is 7.05 Å². The molecule has 1 aromatic heterocycles. The first-order chi connectivity index (χ1) is 9.56. The van der Waals surface area contributed by atoms with Gasteiger partial charge in [-0.3, -0.25) is 4.68 Å². The number of nitrogens with one attached hydrogen (secondary N) is 1. The minimum atomic E-state index is -0.406. The van der Waals surface area contributed by atoms with Gasteiger partial charge in [-0.15, -0.1) is 0 Å². The van der Waals surface area contributed by atoms with Crippen LogP contribution < -0.4 is 5.32 Å². The minimum absolute atomic E-state index is 0.0189. The van der Waals surface area contributed by atoms with Gasteiger partial charge in [0, 0.05) is 30.9 Å². The largest absolute Gasteiger partial charge is 0.391 e. The van der Waals surface area contributed by atoms with Gasteiger partial charge in [-0.2, -0.15) is 5.10 Å². The predicted molar refractivity (Wildman–Crippen MR) is 80.4 cm³/mol. The number of aliphatic hydroxyl groups excluding tert-OH is 1. The molecular formula is C16H23N3O. The van der Waals surface area contributed by atoms with Crippen molar-refractivity contribution in [1.29, 1.82) is 0 Å². The molecule has 0 saturated heterocycles. The molecular weight excluding hydrogens is 250 g/mol. The summed E-state index contributed by atoms with van der Waals surface area (Å²) < 4.78 is 1.79. The standard InChI is InChI=1S/C16H23N3O/c1-12(15-10-17-19(3)11-15)18-13(2)16(20)9-14-7-5-4-6-8-14/h4-8,10-13,16,18,20H,9H2,1-3H3/t12-,13-,16+/m0/s1. The van der Waals surface area contributed by atoms with E-state index in [4.69, 9.17) is 0 Å². The molecule has 1 aromatic carbocycles. The molecule has 0 aliphatic rings. The summed E-state index contributed by atoms with van der Waals surface area (Å²) in [7, 11) is 1.91. The lowest BCUT2D eigenvalue weighted by atomic mass is 10.0. The van der Waals surface area contributed by atoms with Gasteiger partial charge in [-0.25, -0.2) is 0 Å². The number of aryl methyl sites for hydroxylation is 1. The van der Waals surface area contributed by atoms with Gasteiger partial charge in [-0.1, -0.05) is 30.3 Å². The van der Waals surface area contributed by atoms with Crippen molar-refractivity contribution in [2.75, 3.05) is 0 Å². The third kappa shape index (κ3) is 3.92. The lowest BCUT2D eigenvalue weighted by Gasteiger charge is -2.24. The summed E-state index contributed by atoms with van der Waals surface area (Å²) in [5.41, 5.74) is 2.29. The second-order valence-corrected chi connectivity index (χ2v) is 5.38. The van der Waals surface area contributed by atoms with Crippen molar-refractivity contribution in [3.05, 3.63) is 53.9 Å². The zero-order chi connectivity index (χ0) is 14.5. The maximum atomic E-state index is 10.3. The van der Waals surface area contributed by atoms with Gasteiger partial charge in [0.25, 0.3) is 0 Å². The Morgan fingerprint density at radius 3 is 2.55 bits per heavy atom. The average Bonchev–Trinajstić information content (AvgIpc) is 2.86. The van der Waals surface area contributed by atoms with Crippen LogP contribution in [0.1, 0.15) is 31.0 Å². The van der Waals surface area contributed by atoms with Crippen molar-refractivity contribution < 1.29 is 5.11 Å². The third-order valence-corrected chi connectivity index (χ3v) is 3.60. The molecule has 108 valence electrons. The van der Waals surface area contributed by atoms with E-state index in [0.29, 0.717) is 6.42 Å². The van der Waals surface area contributed by atoms with Crippen molar-refractivity contribution in [3.63, 3.8) is 0 Å². The molecule has 2 aromatic rings. The van der Waals surface area contributed by atoms with Crippen molar-refractivity contribution >= 4 is 0 Å². The molecule has 1 heterocycles. The zero-order valence-corrected chi connectivity index (χ0v) is 12.3. The Morgan fingerprint density at radius 2 is 1.95 bits per heavy atom. The van der Waals surface area contributed by atoms with E-state index in [2.05, 4.69) is 17.3 Å². The Labute approximate surface area is 120 Å². The van der Waals surface area contributed by atoms with Gasteiger partial charge in [0.05, 0.1) is 12.3 Å². The lowest BCUT2D eigenvalue weighted by molar-refractivity contribution is 0.129. The minimum Gasteiger partial charge on any atom is -0.391 e. The molecule has 0 aliphatic heterocycles. The molecule has 0 amide bonds. The average molecular weight is 273 g/mol. The number of benzene rings is 1. The number of hydrogen-bond acceptors (Lipinski definition) is 3. The number of aliphatic hydroxyl groups is 1. The van der Waals surface area contributed by atoms with Crippen LogP contribution in [0.2, 0.25) is 0 Å². The van der Waals surface area contributed by atoms with Crippen LogP contribution in [0.25, 0.3) is 0 Å². The Bertz CT molecular complexity index is 524. The summed E-state index contributed by atoms with van der Waals surface area (Å²) in [4.78, 5) is 0. The van der Waals surface area contributed by atoms with Crippen LogP contribution in [0.15, 0.2) is 42.7 Å². The second kappa shape index (κ2) is 6.68. The van der Waals surface area contributed by atoms with Crippen LogP contribution in [-0.2, 0) is 13.5 Å². The van der Waals surface area contributed by atoms with Crippen molar-refractivity contribution in [1.82, 2.24) is 15.1 Å². The van der Waals surface area contributed by atoms with E-state index in [0.717, 1.165) is 11.1 Å². The van der Waals surface area contributed by atoms with Gasteiger partial charge >= 0.3 is 0 Å². The zero-order valence-electron chi connectivity index (χ0n) is 12.3. The normalized spacial score (nSPS) is 15.8. The summed E-state index contributed by atoms with van der Waals surface area (Å²) in [6.07, 6.45) is 4.10. The highest BCUT2D eigenvalue weighted by Crippen LogP contribution is 2.13. The lowest BCUT2D eigenvalue weighted by Crippen LogP contribution is -2.39. The van der Waals surface area contributed by atoms with Crippen molar-refractivity contribution in [2.45, 2.75) is 38.5 Å². The summed E-state index contributed by atoms with van der Waals surface area (Å²) >= 11 is 0. The fraction of sp³-hybridized carbons (Fsp3) is 0.438. The summed E-state index contributed by atoms with van der Waals surface area (Å²) in [5, 5.41) is 17.9. The molecule has 0 aliphatic carbocycles. The Balaban J connectivity index is 1.89. The number of aromatic nitrogens is 2. The molecule has 2 N–H and O–H groups in total. The second-order valence-electron chi connectivity index (χ2n) is 5.38. The summed E-state index contributed by atoms with van der Waals surface area (Å²) in [6, 6.07) is 10.3. The summed E-state index contributed by atoms with van der Waals surface area (Å²) in [5.74, 6) is 0. The van der Waals surface area contributed by atoms with Crippen LogP contribution in [0, 0.1) is 0 Å². The smallest absolute Gasteiger partial charge is 0.0730 e. The van der Waals surface area contributed by atoms with E-state index < -0.39 is 6.10 Å². The van der Waals surface area contributed by atoms with Gasteiger partial charge in [0.2, 0.25) is 0 Å². The maximum Gasteiger partial charge on any atom is 0.0730 e. The maximum absolute atomic E-state index is 10.3. The molecule has 4 heteroatoms. The fourth-order valence-corrected chi connectivity index (χ4v) is 2.30. The SMILES string of the molecule is C[C@H](N[C@@H](C)[C@H](O)Cc1ccccc1)c1cnn(C)c1.